The molecule has 0 radical (unpaired) electrons. The normalized spacial score (nSPS) is 9.88. The van der Waals surface area contributed by atoms with E-state index in [-0.39, 0.29) is 0 Å². The highest BCUT2D eigenvalue weighted by Crippen LogP contribution is 1.55. The van der Waals surface area contributed by atoms with Crippen molar-refractivity contribution in [2.24, 2.45) is 0 Å². The van der Waals surface area contributed by atoms with Gasteiger partial charge in [-0.3, -0.25) is 0 Å². The first-order chi connectivity index (χ1) is 3.63. The molecule has 1 N–H and O–H groups in total. The number of carboxylic acid groups (broad SMARTS) is 1. The quantitative estimate of drug-likeness (QED) is 0.491. The Morgan fingerprint density at radius 2 is 2.25 bits per heavy atom. The molecular formula is C2H3IO5. The summed E-state index contributed by atoms with van der Waals surface area (Å²) in [5.41, 5.74) is 0. The highest BCUT2D eigenvalue weighted by atomic mass is 127. The number of carbonyl (C=O) groups is 1. The van der Waals surface area contributed by atoms with Crippen LogP contribution in [0.1, 0.15) is 0 Å². The summed E-state index contributed by atoms with van der Waals surface area (Å²) in [5, 5.41) is 7.78. The van der Waals surface area contributed by atoms with Crippen LogP contribution >= 0.6 is 0 Å². The molecule has 48 valence electrons. The highest BCUT2D eigenvalue weighted by molar-refractivity contribution is 5.67. The van der Waals surface area contributed by atoms with Gasteiger partial charge in [0.2, 0.25) is 6.61 Å². The summed E-state index contributed by atoms with van der Waals surface area (Å²) in [6.07, 6.45) is 0. The van der Waals surface area contributed by atoms with Crippen molar-refractivity contribution in [2.45, 2.75) is 0 Å². The van der Waals surface area contributed by atoms with Crippen LogP contribution in [-0.2, 0) is 7.86 Å². The SMILES string of the molecule is O=C(O)CO[I+2]([O-])[O-]. The van der Waals surface area contributed by atoms with Crippen LogP contribution in [0.3, 0.4) is 0 Å². The first-order valence-electron chi connectivity index (χ1n) is 1.53. The summed E-state index contributed by atoms with van der Waals surface area (Å²) in [7, 11) is 0. The molecular weight excluding hydrogens is 231 g/mol. The van der Waals surface area contributed by atoms with Crippen molar-refractivity contribution in [1.29, 1.82) is 0 Å². The maximum absolute atomic E-state index is 9.55. The van der Waals surface area contributed by atoms with E-state index in [0.717, 1.165) is 0 Å². The molecule has 0 aromatic rings. The van der Waals surface area contributed by atoms with Crippen LogP contribution in [0.4, 0.5) is 0 Å². The van der Waals surface area contributed by atoms with Gasteiger partial charge in [-0.05, 0) is 3.07 Å². The fraction of sp³-hybridized carbons (Fsp3) is 0.500. The molecule has 0 spiro atoms. The van der Waals surface area contributed by atoms with E-state index in [2.05, 4.69) is 3.07 Å². The molecule has 0 saturated heterocycles. The Labute approximate surface area is 53.9 Å². The van der Waals surface area contributed by atoms with Crippen LogP contribution in [0.25, 0.3) is 0 Å². The maximum atomic E-state index is 9.55. The Balaban J connectivity index is 3.05. The van der Waals surface area contributed by atoms with Gasteiger partial charge in [-0.2, -0.15) is 0 Å². The Hall–Kier alpha value is 0.0800. The minimum absolute atomic E-state index is 0.752. The maximum Gasteiger partial charge on any atom is 0.507 e. The molecule has 5 nitrogen and oxygen atoms in total. The van der Waals surface area contributed by atoms with E-state index in [4.69, 9.17) is 5.11 Å². The predicted octanol–water partition coefficient (Wildman–Crippen LogP) is -5.82. The van der Waals surface area contributed by atoms with E-state index in [1.54, 1.807) is 0 Å². The second-order valence-corrected chi connectivity index (χ2v) is 2.54. The fourth-order valence-electron chi connectivity index (χ4n) is 0.0912. The Morgan fingerprint density at radius 3 is 2.38 bits per heavy atom. The van der Waals surface area contributed by atoms with Gasteiger partial charge < -0.3 is 12.0 Å². The number of hydrogen-bond acceptors (Lipinski definition) is 4. The van der Waals surface area contributed by atoms with Gasteiger partial charge in [-0.1, -0.05) is 0 Å². The van der Waals surface area contributed by atoms with E-state index < -0.39 is 33.6 Å². The molecule has 0 heterocycles. The van der Waals surface area contributed by atoms with Gasteiger partial charge in [0.1, 0.15) is 0 Å². The molecule has 0 aromatic heterocycles. The Morgan fingerprint density at radius 1 is 1.75 bits per heavy atom. The fourth-order valence-corrected chi connectivity index (χ4v) is 0.612. The molecule has 0 saturated carbocycles. The van der Waals surface area contributed by atoms with Gasteiger partial charge in [-0.15, -0.1) is 0 Å². The van der Waals surface area contributed by atoms with E-state index >= 15 is 0 Å². The zero-order valence-electron chi connectivity index (χ0n) is 3.67. The highest BCUT2D eigenvalue weighted by Gasteiger charge is 2.13. The Kier molecular flexibility index (Phi) is 4.05. The molecule has 0 fully saturated rings. The van der Waals surface area contributed by atoms with Crippen LogP contribution in [0.2, 0.25) is 0 Å². The smallest absolute Gasteiger partial charge is 0.479 e. The van der Waals surface area contributed by atoms with Gasteiger partial charge in [0, 0.05) is 0 Å². The lowest BCUT2D eigenvalue weighted by Crippen LogP contribution is -3.99. The number of hydrogen-bond donors (Lipinski definition) is 1. The van der Waals surface area contributed by atoms with Crippen LogP contribution in [0.5, 0.6) is 0 Å². The second kappa shape index (κ2) is 4.01. The summed E-state index contributed by atoms with van der Waals surface area (Å²) < 4.78 is 22.8. The first kappa shape index (κ1) is 8.08. The third kappa shape index (κ3) is 6.08. The topological polar surface area (TPSA) is 92.7 Å². The minimum Gasteiger partial charge on any atom is -0.479 e. The number of carboxylic acids is 1. The zero-order valence-corrected chi connectivity index (χ0v) is 5.82. The van der Waals surface area contributed by atoms with E-state index in [1.807, 2.05) is 0 Å². The standard InChI is InChI=1S/C2H3IO5/c4-2(5)1-8-3(6)7/h1H2,(H,4,5). The number of aliphatic carboxylic acids is 1. The molecule has 0 aliphatic rings. The van der Waals surface area contributed by atoms with Crippen molar-refractivity contribution < 1.29 is 40.9 Å². The molecule has 0 aliphatic heterocycles. The van der Waals surface area contributed by atoms with E-state index in [0.29, 0.717) is 0 Å². The summed E-state index contributed by atoms with van der Waals surface area (Å²) in [6, 6.07) is 0. The minimum atomic E-state index is -3.75. The molecule has 0 aliphatic carbocycles. The molecule has 0 unspecified atom stereocenters. The van der Waals surface area contributed by atoms with Gasteiger partial charge in [0.15, 0.2) is 0 Å². The largest absolute Gasteiger partial charge is 0.507 e. The second-order valence-electron chi connectivity index (χ2n) is 0.836. The van der Waals surface area contributed by atoms with Crippen molar-refractivity contribution >= 4 is 5.97 Å². The molecule has 0 rings (SSSR count). The average Bonchev–Trinajstić information content (AvgIpc) is 1.61. The lowest BCUT2D eigenvalue weighted by molar-refractivity contribution is -1.63. The van der Waals surface area contributed by atoms with Gasteiger partial charge in [-0.25, -0.2) is 4.79 Å². The average molecular weight is 234 g/mol. The molecule has 6 heteroatoms. The summed E-state index contributed by atoms with van der Waals surface area (Å²) in [5.74, 6) is -1.28. The van der Waals surface area contributed by atoms with Crippen LogP contribution in [0, 0.1) is 0 Å². The lowest BCUT2D eigenvalue weighted by Gasteiger charge is -1.85. The molecule has 0 amide bonds. The molecule has 8 heavy (non-hydrogen) atoms. The number of rotatable bonds is 3. The summed E-state index contributed by atoms with van der Waals surface area (Å²) in [4.78, 5) is 9.53. The summed E-state index contributed by atoms with van der Waals surface area (Å²) in [6.45, 7) is -0.752. The van der Waals surface area contributed by atoms with Gasteiger partial charge >= 0.3 is 27.0 Å². The van der Waals surface area contributed by atoms with Crippen molar-refractivity contribution in [3.8, 4) is 0 Å². The molecule has 0 bridgehead atoms. The van der Waals surface area contributed by atoms with Gasteiger partial charge in [0.05, 0.1) is 0 Å². The van der Waals surface area contributed by atoms with Gasteiger partial charge in [0.25, 0.3) is 0 Å². The monoisotopic (exact) mass is 234 g/mol. The lowest BCUT2D eigenvalue weighted by atomic mass is 10.8. The summed E-state index contributed by atoms with van der Waals surface area (Å²) >= 11 is -3.75. The molecule has 0 aromatic carbocycles. The third-order valence-electron chi connectivity index (χ3n) is 0.267. The van der Waals surface area contributed by atoms with Crippen LogP contribution < -0.4 is 27.9 Å². The predicted molar refractivity (Wildman–Crippen MR) is 13.6 cm³/mol. The van der Waals surface area contributed by atoms with E-state index in [1.165, 1.54) is 0 Å². The first-order valence-corrected chi connectivity index (χ1v) is 4.18. The van der Waals surface area contributed by atoms with Crippen molar-refractivity contribution in [3.05, 3.63) is 0 Å². The molecule has 0 atom stereocenters. The van der Waals surface area contributed by atoms with Crippen LogP contribution in [-0.4, -0.2) is 17.7 Å². The Bertz CT molecular complexity index is 80.5. The third-order valence-corrected chi connectivity index (χ3v) is 1.09. The van der Waals surface area contributed by atoms with E-state index in [9.17, 15) is 11.7 Å². The van der Waals surface area contributed by atoms with Crippen molar-refractivity contribution in [2.75, 3.05) is 6.61 Å². The zero-order chi connectivity index (χ0) is 6.57. The van der Waals surface area contributed by atoms with Crippen LogP contribution in [0.15, 0.2) is 0 Å². The van der Waals surface area contributed by atoms with Crippen molar-refractivity contribution in [1.82, 2.24) is 0 Å². The van der Waals surface area contributed by atoms with Crippen molar-refractivity contribution in [3.63, 3.8) is 0 Å². The number of halogens is 1.